The second-order valence-corrected chi connectivity index (χ2v) is 4.70. The number of hydrogen-bond acceptors (Lipinski definition) is 3. The largest absolute Gasteiger partial charge is 0.332 e. The quantitative estimate of drug-likeness (QED) is 0.847. The van der Waals surface area contributed by atoms with Crippen molar-refractivity contribution in [1.29, 1.82) is 0 Å². The minimum atomic E-state index is -0.216. The number of carbonyl (C=O) groups excluding carboxylic acids is 2. The van der Waals surface area contributed by atoms with Crippen molar-refractivity contribution in [2.75, 3.05) is 25.0 Å². The van der Waals surface area contributed by atoms with E-state index in [1.807, 2.05) is 37.3 Å². The van der Waals surface area contributed by atoms with Crippen LogP contribution in [0.15, 0.2) is 30.3 Å². The Labute approximate surface area is 113 Å². The van der Waals surface area contributed by atoms with Gasteiger partial charge in [0.1, 0.15) is 0 Å². The molecule has 5 heteroatoms. The molecule has 2 amide bonds. The minimum Gasteiger partial charge on any atom is -0.332 e. The van der Waals surface area contributed by atoms with Crippen LogP contribution < -0.4 is 10.6 Å². The van der Waals surface area contributed by atoms with E-state index >= 15 is 0 Å². The van der Waals surface area contributed by atoms with E-state index in [2.05, 4.69) is 10.6 Å². The number of amides is 2. The predicted molar refractivity (Wildman–Crippen MR) is 73.7 cm³/mol. The molecule has 0 aromatic heterocycles. The zero-order valence-electron chi connectivity index (χ0n) is 11.1. The van der Waals surface area contributed by atoms with Crippen LogP contribution in [0.4, 0.5) is 5.69 Å². The number of nitrogens with one attached hydrogen (secondary N) is 2. The third kappa shape index (κ3) is 3.79. The number of anilines is 1. The lowest BCUT2D eigenvalue weighted by Gasteiger charge is -2.21. The van der Waals surface area contributed by atoms with Crippen LogP contribution in [-0.2, 0) is 9.59 Å². The highest BCUT2D eigenvalue weighted by atomic mass is 16.2. The molecule has 2 rings (SSSR count). The first-order valence-electron chi connectivity index (χ1n) is 6.54. The Balaban J connectivity index is 1.92. The number of benzene rings is 1. The van der Waals surface area contributed by atoms with Gasteiger partial charge < -0.3 is 15.5 Å². The second kappa shape index (κ2) is 6.33. The molecule has 1 heterocycles. The molecule has 102 valence electrons. The first kappa shape index (κ1) is 13.5. The summed E-state index contributed by atoms with van der Waals surface area (Å²) in [5.74, 6) is -0.172. The van der Waals surface area contributed by atoms with Gasteiger partial charge in [-0.05, 0) is 32.0 Å². The maximum atomic E-state index is 12.0. The second-order valence-electron chi connectivity index (χ2n) is 4.70. The molecule has 1 atom stereocenters. The minimum absolute atomic E-state index is 0.0132. The van der Waals surface area contributed by atoms with Crippen LogP contribution in [0.5, 0.6) is 0 Å². The van der Waals surface area contributed by atoms with E-state index in [0.717, 1.165) is 18.7 Å². The zero-order valence-corrected chi connectivity index (χ0v) is 11.1. The Morgan fingerprint density at radius 3 is 2.89 bits per heavy atom. The summed E-state index contributed by atoms with van der Waals surface area (Å²) in [5.41, 5.74) is 0.751. The number of hydrogen-bond donors (Lipinski definition) is 2. The Morgan fingerprint density at radius 1 is 1.42 bits per heavy atom. The van der Waals surface area contributed by atoms with Gasteiger partial charge in [-0.15, -0.1) is 0 Å². The zero-order chi connectivity index (χ0) is 13.7. The third-order valence-corrected chi connectivity index (χ3v) is 3.13. The standard InChI is InChI=1S/C14H19N3O2/c1-11-14(19)17(9-5-8-15-11)10-13(18)16-12-6-3-2-4-7-12/h2-4,6-7,11,15H,5,8-10H2,1H3,(H,16,18). The van der Waals surface area contributed by atoms with Gasteiger partial charge in [0.25, 0.3) is 0 Å². The highest BCUT2D eigenvalue weighted by Gasteiger charge is 2.24. The summed E-state index contributed by atoms with van der Waals surface area (Å²) in [7, 11) is 0. The van der Waals surface area contributed by atoms with Crippen LogP contribution in [-0.4, -0.2) is 42.4 Å². The highest BCUT2D eigenvalue weighted by molar-refractivity contribution is 5.95. The number of nitrogens with zero attached hydrogens (tertiary/aromatic N) is 1. The molecule has 0 bridgehead atoms. The fourth-order valence-electron chi connectivity index (χ4n) is 2.11. The Kier molecular flexibility index (Phi) is 4.52. The SMILES string of the molecule is CC1NCCCN(CC(=O)Nc2ccccc2)C1=O. The normalized spacial score (nSPS) is 19.9. The molecule has 1 aromatic carbocycles. The van der Waals surface area contributed by atoms with Gasteiger partial charge in [0.05, 0.1) is 12.6 Å². The summed E-state index contributed by atoms with van der Waals surface area (Å²) in [4.78, 5) is 25.6. The molecular formula is C14H19N3O2. The van der Waals surface area contributed by atoms with Gasteiger partial charge in [0.15, 0.2) is 0 Å². The lowest BCUT2D eigenvalue weighted by molar-refractivity contribution is -0.135. The maximum Gasteiger partial charge on any atom is 0.243 e. The monoisotopic (exact) mass is 261 g/mol. The van der Waals surface area contributed by atoms with Crippen molar-refractivity contribution in [2.45, 2.75) is 19.4 Å². The third-order valence-electron chi connectivity index (χ3n) is 3.13. The average Bonchev–Trinajstić information content (AvgIpc) is 2.55. The van der Waals surface area contributed by atoms with Crippen LogP contribution in [0.3, 0.4) is 0 Å². The van der Waals surface area contributed by atoms with Gasteiger partial charge in [-0.2, -0.15) is 0 Å². The van der Waals surface area contributed by atoms with Gasteiger partial charge in [0.2, 0.25) is 11.8 Å². The molecule has 1 aliphatic heterocycles. The van der Waals surface area contributed by atoms with E-state index in [9.17, 15) is 9.59 Å². The fraction of sp³-hybridized carbons (Fsp3) is 0.429. The Hall–Kier alpha value is -1.88. The molecular weight excluding hydrogens is 242 g/mol. The van der Waals surface area contributed by atoms with Gasteiger partial charge in [-0.1, -0.05) is 18.2 Å². The average molecular weight is 261 g/mol. The molecule has 5 nitrogen and oxygen atoms in total. The molecule has 1 unspecified atom stereocenters. The summed E-state index contributed by atoms with van der Waals surface area (Å²) >= 11 is 0. The molecule has 1 aromatic rings. The summed E-state index contributed by atoms with van der Waals surface area (Å²) in [6.07, 6.45) is 0.870. The topological polar surface area (TPSA) is 61.4 Å². The van der Waals surface area contributed by atoms with E-state index in [0.29, 0.717) is 6.54 Å². The Bertz CT molecular complexity index is 447. The van der Waals surface area contributed by atoms with Gasteiger partial charge in [-0.25, -0.2) is 0 Å². The first-order chi connectivity index (χ1) is 9.16. The number of para-hydroxylation sites is 1. The molecule has 2 N–H and O–H groups in total. The van der Waals surface area contributed by atoms with E-state index in [1.165, 1.54) is 0 Å². The van der Waals surface area contributed by atoms with Crippen molar-refractivity contribution in [3.05, 3.63) is 30.3 Å². The fourth-order valence-corrected chi connectivity index (χ4v) is 2.11. The molecule has 0 radical (unpaired) electrons. The summed E-state index contributed by atoms with van der Waals surface area (Å²) in [5, 5.41) is 5.92. The van der Waals surface area contributed by atoms with Gasteiger partial charge in [-0.3, -0.25) is 9.59 Å². The summed E-state index contributed by atoms with van der Waals surface area (Å²) in [6, 6.07) is 9.05. The molecule has 0 aliphatic carbocycles. The smallest absolute Gasteiger partial charge is 0.243 e. The van der Waals surface area contributed by atoms with E-state index in [-0.39, 0.29) is 24.4 Å². The maximum absolute atomic E-state index is 12.0. The number of rotatable bonds is 3. The molecule has 1 aliphatic rings. The molecule has 0 saturated carbocycles. The van der Waals surface area contributed by atoms with Crippen molar-refractivity contribution in [3.63, 3.8) is 0 Å². The predicted octanol–water partition coefficient (Wildman–Crippen LogP) is 0.835. The van der Waals surface area contributed by atoms with E-state index < -0.39 is 0 Å². The van der Waals surface area contributed by atoms with Crippen molar-refractivity contribution in [1.82, 2.24) is 10.2 Å². The van der Waals surface area contributed by atoms with E-state index in [4.69, 9.17) is 0 Å². The lowest BCUT2D eigenvalue weighted by atomic mass is 10.3. The van der Waals surface area contributed by atoms with Crippen LogP contribution in [0.1, 0.15) is 13.3 Å². The highest BCUT2D eigenvalue weighted by Crippen LogP contribution is 2.06. The van der Waals surface area contributed by atoms with Gasteiger partial charge in [0, 0.05) is 12.2 Å². The van der Waals surface area contributed by atoms with Crippen LogP contribution in [0.2, 0.25) is 0 Å². The van der Waals surface area contributed by atoms with Crippen LogP contribution >= 0.6 is 0 Å². The van der Waals surface area contributed by atoms with Crippen LogP contribution in [0.25, 0.3) is 0 Å². The first-order valence-corrected chi connectivity index (χ1v) is 6.54. The lowest BCUT2D eigenvalue weighted by Crippen LogP contribution is -2.44. The Morgan fingerprint density at radius 2 is 2.16 bits per heavy atom. The van der Waals surface area contributed by atoms with Crippen molar-refractivity contribution < 1.29 is 9.59 Å². The summed E-state index contributed by atoms with van der Waals surface area (Å²) < 4.78 is 0. The summed E-state index contributed by atoms with van der Waals surface area (Å²) in [6.45, 7) is 3.37. The molecule has 1 fully saturated rings. The van der Waals surface area contributed by atoms with Crippen LogP contribution in [0, 0.1) is 0 Å². The van der Waals surface area contributed by atoms with Crippen molar-refractivity contribution in [2.24, 2.45) is 0 Å². The van der Waals surface area contributed by atoms with E-state index in [1.54, 1.807) is 4.90 Å². The van der Waals surface area contributed by atoms with Crippen molar-refractivity contribution >= 4 is 17.5 Å². The molecule has 0 spiro atoms. The van der Waals surface area contributed by atoms with Crippen molar-refractivity contribution in [3.8, 4) is 0 Å². The molecule has 19 heavy (non-hydrogen) atoms. The van der Waals surface area contributed by atoms with Gasteiger partial charge >= 0.3 is 0 Å². The number of carbonyl (C=O) groups is 2. The molecule has 1 saturated heterocycles.